The molecule has 1 N–H and O–H groups in total. The number of hydrogen-bond acceptors (Lipinski definition) is 5. The van der Waals surface area contributed by atoms with Crippen molar-refractivity contribution in [1.29, 1.82) is 0 Å². The van der Waals surface area contributed by atoms with E-state index < -0.39 is 22.7 Å². The molecular formula is C19H23AsN2O3S2. The average molecular weight is 466 g/mol. The van der Waals surface area contributed by atoms with Gasteiger partial charge in [0, 0.05) is 0 Å². The summed E-state index contributed by atoms with van der Waals surface area (Å²) in [4.78, 5) is 16.8. The van der Waals surface area contributed by atoms with Gasteiger partial charge in [-0.05, 0) is 0 Å². The van der Waals surface area contributed by atoms with Gasteiger partial charge in [-0.15, -0.1) is 0 Å². The van der Waals surface area contributed by atoms with E-state index in [9.17, 15) is 13.2 Å². The van der Waals surface area contributed by atoms with Crippen molar-refractivity contribution in [3.05, 3.63) is 41.3 Å². The van der Waals surface area contributed by atoms with Crippen LogP contribution in [0.2, 0.25) is 0 Å². The van der Waals surface area contributed by atoms with Crippen LogP contribution in [0.1, 0.15) is 22.5 Å². The van der Waals surface area contributed by atoms with Gasteiger partial charge in [0.15, 0.2) is 0 Å². The number of nitrogens with zero attached hydrogens (tertiary/aromatic N) is 1. The Morgan fingerprint density at radius 2 is 2.00 bits per heavy atom. The molecule has 3 aliphatic rings. The molecule has 0 radical (unpaired) electrons. The molecule has 5 rings (SSSR count). The summed E-state index contributed by atoms with van der Waals surface area (Å²) in [6.07, 6.45) is 3.65. The summed E-state index contributed by atoms with van der Waals surface area (Å²) in [6.45, 7) is 3.28. The Morgan fingerprint density at radius 1 is 1.22 bits per heavy atom. The number of nitrogens with one attached hydrogen (secondary N) is 1. The van der Waals surface area contributed by atoms with Crippen LogP contribution in [0.4, 0.5) is 0 Å². The quantitative estimate of drug-likeness (QED) is 0.674. The number of carbonyl (C=O) groups excluding carboxylic acids is 1. The zero-order valence-electron chi connectivity index (χ0n) is 15.1. The third-order valence-electron chi connectivity index (χ3n) is 5.25. The summed E-state index contributed by atoms with van der Waals surface area (Å²) < 4.78 is 24.1. The SMILES string of the molecule is CS(=O)(=O)[AsH]c1cccc(-c2ccc(C(=O)N[C@H]3CN4CCC3CC4)s2)c1. The maximum atomic E-state index is 12.7. The van der Waals surface area contributed by atoms with Crippen LogP contribution in [0.3, 0.4) is 0 Å². The molecular weight excluding hydrogens is 443 g/mol. The van der Waals surface area contributed by atoms with Crippen LogP contribution < -0.4 is 9.67 Å². The van der Waals surface area contributed by atoms with Crippen LogP contribution in [0.15, 0.2) is 36.4 Å². The number of amides is 1. The van der Waals surface area contributed by atoms with Crippen molar-refractivity contribution in [2.24, 2.45) is 5.92 Å². The van der Waals surface area contributed by atoms with E-state index in [4.69, 9.17) is 0 Å². The van der Waals surface area contributed by atoms with Gasteiger partial charge in [-0.2, -0.15) is 0 Å². The molecule has 144 valence electrons. The Morgan fingerprint density at radius 3 is 2.67 bits per heavy atom. The van der Waals surface area contributed by atoms with Crippen molar-refractivity contribution in [2.75, 3.05) is 25.9 Å². The van der Waals surface area contributed by atoms with Crippen molar-refractivity contribution < 1.29 is 13.2 Å². The Hall–Kier alpha value is -1.14. The molecule has 0 spiro atoms. The van der Waals surface area contributed by atoms with Crippen molar-refractivity contribution in [3.63, 3.8) is 0 Å². The molecule has 2 atom stereocenters. The molecule has 0 saturated carbocycles. The van der Waals surface area contributed by atoms with E-state index in [1.165, 1.54) is 30.4 Å². The molecule has 3 aliphatic heterocycles. The van der Waals surface area contributed by atoms with Gasteiger partial charge in [-0.25, -0.2) is 0 Å². The molecule has 27 heavy (non-hydrogen) atoms. The van der Waals surface area contributed by atoms with Crippen LogP contribution in [-0.2, 0) is 8.10 Å². The molecule has 2 aromatic rings. The average Bonchev–Trinajstić information content (AvgIpc) is 3.12. The first kappa shape index (κ1) is 19.2. The fraction of sp³-hybridized carbons (Fsp3) is 0.421. The van der Waals surface area contributed by atoms with E-state index in [1.54, 1.807) is 0 Å². The summed E-state index contributed by atoms with van der Waals surface area (Å²) in [5.74, 6) is 0.612. The molecule has 1 aromatic heterocycles. The summed E-state index contributed by atoms with van der Waals surface area (Å²) >= 11 is 0.267. The summed E-state index contributed by atoms with van der Waals surface area (Å²) in [7, 11) is -2.94. The standard InChI is InChI=1S/C19H23AsN2O3S2/c1-27(24,25)20-15-4-2-3-14(11-15)17-5-6-18(26-17)19(23)21-16-12-22-9-7-13(16)8-10-22/h2-6,11,13,16,20H,7-10,12H2,1H3,(H,21,23)/t16-/m0/s1. The van der Waals surface area contributed by atoms with Gasteiger partial charge in [-0.3, -0.25) is 0 Å². The van der Waals surface area contributed by atoms with Crippen molar-refractivity contribution in [1.82, 2.24) is 10.2 Å². The van der Waals surface area contributed by atoms with E-state index in [2.05, 4.69) is 10.2 Å². The summed E-state index contributed by atoms with van der Waals surface area (Å²) in [6, 6.07) is 11.8. The number of piperidine rings is 3. The van der Waals surface area contributed by atoms with E-state index >= 15 is 0 Å². The molecule has 3 fully saturated rings. The fourth-order valence-electron chi connectivity index (χ4n) is 3.93. The second-order valence-corrected chi connectivity index (χ2v) is 17.3. The maximum absolute atomic E-state index is 12.7. The van der Waals surface area contributed by atoms with Crippen molar-refractivity contribution in [3.8, 4) is 10.4 Å². The minimum absolute atomic E-state index is 0.00530. The Balaban J connectivity index is 1.47. The van der Waals surface area contributed by atoms with Crippen LogP contribution in [-0.4, -0.2) is 65.8 Å². The molecule has 1 unspecified atom stereocenters. The van der Waals surface area contributed by atoms with Gasteiger partial charge < -0.3 is 0 Å². The molecule has 8 heteroatoms. The monoisotopic (exact) mass is 466 g/mol. The Bertz CT molecular complexity index is 949. The van der Waals surface area contributed by atoms with E-state index in [-0.39, 0.29) is 11.9 Å². The van der Waals surface area contributed by atoms with Crippen molar-refractivity contribution >= 4 is 44.3 Å². The van der Waals surface area contributed by atoms with Crippen molar-refractivity contribution in [2.45, 2.75) is 18.9 Å². The first-order valence-corrected chi connectivity index (χ1v) is 15.4. The predicted octanol–water partition coefficient (Wildman–Crippen LogP) is 1.26. The molecule has 4 heterocycles. The van der Waals surface area contributed by atoms with Gasteiger partial charge in [0.25, 0.3) is 0 Å². The zero-order chi connectivity index (χ0) is 19.0. The fourth-order valence-corrected chi connectivity index (χ4v) is 9.42. The van der Waals surface area contributed by atoms with Crippen LogP contribution in [0.25, 0.3) is 10.4 Å². The third kappa shape index (κ3) is 4.65. The zero-order valence-corrected chi connectivity index (χ0v) is 18.9. The van der Waals surface area contributed by atoms with Gasteiger partial charge in [0.05, 0.1) is 0 Å². The molecule has 1 amide bonds. The molecule has 3 saturated heterocycles. The van der Waals surface area contributed by atoms with Gasteiger partial charge in [-0.1, -0.05) is 0 Å². The second-order valence-electron chi connectivity index (χ2n) is 7.34. The Kier molecular flexibility index (Phi) is 5.47. The summed E-state index contributed by atoms with van der Waals surface area (Å²) in [5.41, 5.74) is 0.979. The topological polar surface area (TPSA) is 66.5 Å². The van der Waals surface area contributed by atoms with E-state index in [0.717, 1.165) is 34.4 Å². The first-order valence-electron chi connectivity index (χ1n) is 9.09. The number of thiophene rings is 1. The number of carbonyl (C=O) groups is 1. The normalized spacial score (nSPS) is 25.1. The van der Waals surface area contributed by atoms with Crippen LogP contribution in [0.5, 0.6) is 0 Å². The Labute approximate surface area is 169 Å². The second kappa shape index (κ2) is 7.70. The summed E-state index contributed by atoms with van der Waals surface area (Å²) in [5, 5.41) is 3.23. The number of benzene rings is 1. The van der Waals surface area contributed by atoms with E-state index in [1.807, 2.05) is 36.4 Å². The van der Waals surface area contributed by atoms with Gasteiger partial charge in [0.2, 0.25) is 0 Å². The predicted molar refractivity (Wildman–Crippen MR) is 112 cm³/mol. The minimum atomic E-state index is -2.94. The van der Waals surface area contributed by atoms with E-state index in [0.29, 0.717) is 10.8 Å². The number of fused-ring (bicyclic) bond motifs is 3. The third-order valence-corrected chi connectivity index (χ3v) is 11.5. The molecule has 1 aromatic carbocycles. The van der Waals surface area contributed by atoms with Crippen LogP contribution in [0, 0.1) is 5.92 Å². The number of hydrogen-bond donors (Lipinski definition) is 1. The van der Waals surface area contributed by atoms with Gasteiger partial charge in [0.1, 0.15) is 0 Å². The molecule has 2 bridgehead atoms. The number of rotatable bonds is 5. The first-order chi connectivity index (χ1) is 12.9. The van der Waals surface area contributed by atoms with Crippen LogP contribution >= 0.6 is 11.3 Å². The molecule has 5 nitrogen and oxygen atoms in total. The molecule has 0 aliphatic carbocycles. The van der Waals surface area contributed by atoms with Gasteiger partial charge >= 0.3 is 170 Å².